The Kier molecular flexibility index (Phi) is 6.61. The molecule has 6 heteroatoms. The zero-order chi connectivity index (χ0) is 18.4. The number of rotatable bonds is 4. The maximum Gasteiger partial charge on any atom is 0.193 e. The van der Waals surface area contributed by atoms with Gasteiger partial charge in [-0.05, 0) is 44.0 Å². The first-order valence-corrected chi connectivity index (χ1v) is 9.92. The van der Waals surface area contributed by atoms with Crippen molar-refractivity contribution in [1.29, 1.82) is 0 Å². The fraction of sp³-hybridized carbons (Fsp3) is 0.650. The van der Waals surface area contributed by atoms with Crippen LogP contribution in [0.5, 0.6) is 5.75 Å². The molecule has 0 radical (unpaired) electrons. The van der Waals surface area contributed by atoms with E-state index in [1.165, 1.54) is 25.9 Å². The normalized spacial score (nSPS) is 22.5. The number of phenolic OH excluding ortho intramolecular Hbond substituents is 1. The lowest BCUT2D eigenvalue weighted by Gasteiger charge is -2.38. The van der Waals surface area contributed by atoms with Crippen LogP contribution in [0.3, 0.4) is 0 Å². The van der Waals surface area contributed by atoms with Crippen LogP contribution in [0.15, 0.2) is 29.3 Å². The van der Waals surface area contributed by atoms with Crippen molar-refractivity contribution in [3.05, 3.63) is 24.3 Å². The molecular weight excluding hydrogens is 326 g/mol. The van der Waals surface area contributed by atoms with Crippen LogP contribution in [0.1, 0.15) is 19.8 Å². The van der Waals surface area contributed by atoms with E-state index in [0.29, 0.717) is 11.7 Å². The minimum Gasteiger partial charge on any atom is -0.506 e. The molecular formula is C20H33N5O. The summed E-state index contributed by atoms with van der Waals surface area (Å²) in [6.45, 7) is 10.5. The average molecular weight is 360 g/mol. The summed E-state index contributed by atoms with van der Waals surface area (Å²) in [5.41, 5.74) is 0.928. The van der Waals surface area contributed by atoms with Gasteiger partial charge in [-0.2, -0.15) is 0 Å². The number of hydrogen-bond donors (Lipinski definition) is 2. The van der Waals surface area contributed by atoms with Crippen molar-refractivity contribution in [3.8, 4) is 5.75 Å². The van der Waals surface area contributed by atoms with Gasteiger partial charge in [0.15, 0.2) is 5.96 Å². The molecule has 1 atom stereocenters. The molecule has 1 aromatic rings. The Labute approximate surface area is 157 Å². The summed E-state index contributed by atoms with van der Waals surface area (Å²) in [6.07, 6.45) is 2.61. The molecule has 0 spiro atoms. The van der Waals surface area contributed by atoms with Crippen LogP contribution in [-0.4, -0.2) is 80.3 Å². The number of piperidine rings is 1. The van der Waals surface area contributed by atoms with E-state index >= 15 is 0 Å². The summed E-state index contributed by atoms with van der Waals surface area (Å²) in [4.78, 5) is 11.6. The van der Waals surface area contributed by atoms with Gasteiger partial charge in [0.05, 0.1) is 5.69 Å². The number of anilines is 1. The lowest BCUT2D eigenvalue weighted by Crippen LogP contribution is -2.53. The molecule has 0 bridgehead atoms. The Hall–Kier alpha value is -1.95. The molecule has 26 heavy (non-hydrogen) atoms. The molecule has 3 rings (SSSR count). The zero-order valence-corrected chi connectivity index (χ0v) is 16.2. The molecule has 2 saturated heterocycles. The van der Waals surface area contributed by atoms with Gasteiger partial charge in [0.1, 0.15) is 5.75 Å². The number of hydrogen-bond acceptors (Lipinski definition) is 4. The highest BCUT2D eigenvalue weighted by molar-refractivity contribution is 5.80. The highest BCUT2D eigenvalue weighted by Gasteiger charge is 2.23. The number of guanidine groups is 1. The summed E-state index contributed by atoms with van der Waals surface area (Å²) < 4.78 is 0. The second-order valence-corrected chi connectivity index (χ2v) is 7.29. The molecule has 0 aromatic heterocycles. The summed E-state index contributed by atoms with van der Waals surface area (Å²) in [7, 11) is 1.87. The summed E-state index contributed by atoms with van der Waals surface area (Å²) >= 11 is 0. The van der Waals surface area contributed by atoms with Crippen molar-refractivity contribution in [3.63, 3.8) is 0 Å². The molecule has 2 heterocycles. The zero-order valence-electron chi connectivity index (χ0n) is 16.2. The van der Waals surface area contributed by atoms with Crippen LogP contribution in [0, 0.1) is 5.92 Å². The van der Waals surface area contributed by atoms with Gasteiger partial charge in [0.2, 0.25) is 0 Å². The van der Waals surface area contributed by atoms with Gasteiger partial charge in [-0.1, -0.05) is 19.1 Å². The van der Waals surface area contributed by atoms with E-state index in [1.54, 1.807) is 6.07 Å². The number of nitrogens with zero attached hydrogens (tertiary/aromatic N) is 4. The number of piperazine rings is 1. The first kappa shape index (κ1) is 18.8. The van der Waals surface area contributed by atoms with E-state index in [-0.39, 0.29) is 0 Å². The van der Waals surface area contributed by atoms with Gasteiger partial charge in [-0.3, -0.25) is 4.99 Å². The van der Waals surface area contributed by atoms with Gasteiger partial charge in [-0.15, -0.1) is 0 Å². The Morgan fingerprint density at radius 2 is 1.96 bits per heavy atom. The minimum atomic E-state index is 0.362. The lowest BCUT2D eigenvalue weighted by atomic mass is 9.98. The summed E-state index contributed by atoms with van der Waals surface area (Å²) in [5.74, 6) is 2.08. The monoisotopic (exact) mass is 359 g/mol. The molecule has 2 N–H and O–H groups in total. The molecule has 2 aliphatic rings. The number of para-hydroxylation sites is 2. The molecule has 2 aliphatic heterocycles. The predicted octanol–water partition coefficient (Wildman–Crippen LogP) is 1.82. The van der Waals surface area contributed by atoms with Gasteiger partial charge < -0.3 is 25.1 Å². The molecule has 1 unspecified atom stereocenters. The van der Waals surface area contributed by atoms with Crippen LogP contribution in [0.4, 0.5) is 5.69 Å². The third-order valence-electron chi connectivity index (χ3n) is 5.61. The first-order valence-electron chi connectivity index (χ1n) is 9.92. The average Bonchev–Trinajstić information content (AvgIpc) is 2.69. The van der Waals surface area contributed by atoms with Crippen molar-refractivity contribution in [1.82, 2.24) is 15.1 Å². The first-order chi connectivity index (χ1) is 12.7. The van der Waals surface area contributed by atoms with Gasteiger partial charge >= 0.3 is 0 Å². The van der Waals surface area contributed by atoms with Crippen LogP contribution >= 0.6 is 0 Å². The van der Waals surface area contributed by atoms with Crippen molar-refractivity contribution in [2.45, 2.75) is 19.8 Å². The second-order valence-electron chi connectivity index (χ2n) is 7.29. The molecule has 144 valence electrons. The van der Waals surface area contributed by atoms with Gasteiger partial charge in [0, 0.05) is 46.3 Å². The Morgan fingerprint density at radius 3 is 2.65 bits per heavy atom. The van der Waals surface area contributed by atoms with Gasteiger partial charge in [-0.25, -0.2) is 0 Å². The predicted molar refractivity (Wildman–Crippen MR) is 108 cm³/mol. The van der Waals surface area contributed by atoms with Crippen molar-refractivity contribution in [2.24, 2.45) is 10.9 Å². The maximum atomic E-state index is 10.1. The number of nitrogens with one attached hydrogen (secondary N) is 1. The van der Waals surface area contributed by atoms with Crippen LogP contribution in [0.25, 0.3) is 0 Å². The summed E-state index contributed by atoms with van der Waals surface area (Å²) in [5, 5.41) is 13.7. The molecule has 0 aliphatic carbocycles. The number of aliphatic imine (C=N–C) groups is 1. The minimum absolute atomic E-state index is 0.362. The summed E-state index contributed by atoms with van der Waals surface area (Å²) in [6, 6.07) is 7.59. The number of benzene rings is 1. The van der Waals surface area contributed by atoms with Gasteiger partial charge in [0.25, 0.3) is 0 Å². The number of aromatic hydroxyl groups is 1. The SMILES string of the molecule is CCN1CCCC(CNC(=NC)N2CCN(c3ccccc3O)CC2)C1. The van der Waals surface area contributed by atoms with E-state index in [2.05, 4.69) is 31.9 Å². The molecule has 2 fully saturated rings. The molecule has 1 aromatic carbocycles. The quantitative estimate of drug-likeness (QED) is 0.634. The van der Waals surface area contributed by atoms with E-state index in [9.17, 15) is 5.11 Å². The maximum absolute atomic E-state index is 10.1. The standard InChI is InChI=1S/C20H33N5O/c1-3-23-10-6-7-17(16-23)15-22-20(21-2)25-13-11-24(12-14-25)18-8-4-5-9-19(18)26/h4-5,8-9,17,26H,3,6-7,10-16H2,1-2H3,(H,21,22). The van der Waals surface area contributed by atoms with Crippen molar-refractivity contribution in [2.75, 3.05) is 64.3 Å². The van der Waals surface area contributed by atoms with Crippen molar-refractivity contribution < 1.29 is 5.11 Å². The van der Waals surface area contributed by atoms with Crippen LogP contribution in [-0.2, 0) is 0 Å². The van der Waals surface area contributed by atoms with E-state index in [4.69, 9.17) is 0 Å². The Morgan fingerprint density at radius 1 is 1.19 bits per heavy atom. The highest BCUT2D eigenvalue weighted by Crippen LogP contribution is 2.27. The second kappa shape index (κ2) is 9.12. The smallest absolute Gasteiger partial charge is 0.193 e. The highest BCUT2D eigenvalue weighted by atomic mass is 16.3. The van der Waals surface area contributed by atoms with Crippen LogP contribution in [0.2, 0.25) is 0 Å². The third kappa shape index (κ3) is 4.61. The van der Waals surface area contributed by atoms with E-state index in [0.717, 1.165) is 50.9 Å². The fourth-order valence-electron chi connectivity index (χ4n) is 4.06. The van der Waals surface area contributed by atoms with Crippen LogP contribution < -0.4 is 10.2 Å². The third-order valence-corrected chi connectivity index (χ3v) is 5.61. The topological polar surface area (TPSA) is 54.3 Å². The Balaban J connectivity index is 1.49. The van der Waals surface area contributed by atoms with Crippen molar-refractivity contribution >= 4 is 11.6 Å². The number of phenols is 1. The fourth-order valence-corrected chi connectivity index (χ4v) is 4.06. The lowest BCUT2D eigenvalue weighted by molar-refractivity contribution is 0.182. The molecule has 0 amide bonds. The largest absolute Gasteiger partial charge is 0.506 e. The molecule has 0 saturated carbocycles. The molecule has 6 nitrogen and oxygen atoms in total. The Bertz CT molecular complexity index is 598. The van der Waals surface area contributed by atoms with E-state index < -0.39 is 0 Å². The van der Waals surface area contributed by atoms with E-state index in [1.807, 2.05) is 25.2 Å². The number of likely N-dealkylation sites (tertiary alicyclic amines) is 1.